The van der Waals surface area contributed by atoms with Crippen LogP contribution in [0.25, 0.3) is 0 Å². The van der Waals surface area contributed by atoms with E-state index < -0.39 is 36.6 Å². The number of hydrogen-bond acceptors (Lipinski definition) is 3. The molecule has 19 heavy (non-hydrogen) atoms. The molecular weight excluding hydrogens is 263 g/mol. The molecule has 1 unspecified atom stereocenters. The average molecular weight is 283 g/mol. The molecule has 1 aliphatic heterocycles. The van der Waals surface area contributed by atoms with Crippen LogP contribution in [0.1, 0.15) is 39.0 Å². The van der Waals surface area contributed by atoms with Gasteiger partial charge >= 0.3 is 12.1 Å². The number of aliphatic hydroxyl groups is 1. The van der Waals surface area contributed by atoms with Crippen LogP contribution < -0.4 is 0 Å². The normalized spacial score (nSPS) is 22.2. The van der Waals surface area contributed by atoms with Crippen LogP contribution >= 0.6 is 0 Å². The van der Waals surface area contributed by atoms with E-state index in [9.17, 15) is 23.1 Å². The molecule has 0 bridgehead atoms. The van der Waals surface area contributed by atoms with Gasteiger partial charge < -0.3 is 10.2 Å². The number of hydrogen-bond donors (Lipinski definition) is 2. The van der Waals surface area contributed by atoms with Gasteiger partial charge in [-0.25, -0.2) is 0 Å². The molecule has 1 atom stereocenters. The van der Waals surface area contributed by atoms with E-state index in [1.54, 1.807) is 0 Å². The number of carboxylic acid groups (broad SMARTS) is 1. The number of piperidine rings is 1. The van der Waals surface area contributed by atoms with Crippen molar-refractivity contribution in [1.82, 2.24) is 4.90 Å². The largest absolute Gasteiger partial charge is 0.480 e. The maximum absolute atomic E-state index is 12.6. The second-order valence-electron chi connectivity index (χ2n) is 5.06. The van der Waals surface area contributed by atoms with Gasteiger partial charge in [0.2, 0.25) is 0 Å². The summed E-state index contributed by atoms with van der Waals surface area (Å²) in [5.74, 6) is -1.01. The van der Waals surface area contributed by atoms with Gasteiger partial charge in [0.25, 0.3) is 0 Å². The van der Waals surface area contributed by atoms with Gasteiger partial charge in [-0.1, -0.05) is 19.8 Å². The Hall–Kier alpha value is -0.820. The van der Waals surface area contributed by atoms with Crippen LogP contribution in [0.2, 0.25) is 0 Å². The zero-order valence-electron chi connectivity index (χ0n) is 10.9. The third kappa shape index (κ3) is 3.82. The highest BCUT2D eigenvalue weighted by atomic mass is 19.4. The van der Waals surface area contributed by atoms with Crippen molar-refractivity contribution < 1.29 is 28.2 Å². The Morgan fingerprint density at radius 2 is 1.89 bits per heavy atom. The molecule has 0 aromatic heterocycles. The Morgan fingerprint density at radius 3 is 2.26 bits per heavy atom. The number of halogens is 3. The zero-order chi connectivity index (χ0) is 14.7. The molecule has 0 aliphatic carbocycles. The molecule has 1 fully saturated rings. The summed E-state index contributed by atoms with van der Waals surface area (Å²) in [5.41, 5.74) is -2.67. The van der Waals surface area contributed by atoms with Crippen LogP contribution in [0.3, 0.4) is 0 Å². The molecule has 0 aromatic carbocycles. The maximum atomic E-state index is 12.6. The lowest BCUT2D eigenvalue weighted by Gasteiger charge is -2.41. The van der Waals surface area contributed by atoms with Crippen molar-refractivity contribution in [3.63, 3.8) is 0 Å². The fourth-order valence-corrected chi connectivity index (χ4v) is 2.35. The number of alkyl halides is 3. The molecule has 112 valence electrons. The number of carbonyl (C=O) groups is 1. The molecule has 2 N–H and O–H groups in total. The molecule has 0 radical (unpaired) electrons. The summed E-state index contributed by atoms with van der Waals surface area (Å²) in [4.78, 5) is 12.7. The van der Waals surface area contributed by atoms with Crippen molar-refractivity contribution in [1.29, 1.82) is 0 Å². The lowest BCUT2D eigenvalue weighted by molar-refractivity contribution is -0.273. The predicted octanol–water partition coefficient (Wildman–Crippen LogP) is 2.02. The highest BCUT2D eigenvalue weighted by Gasteiger charge is 2.55. The highest BCUT2D eigenvalue weighted by molar-refractivity contribution is 5.73. The molecule has 1 rings (SSSR count). The van der Waals surface area contributed by atoms with Crippen LogP contribution in [0.5, 0.6) is 0 Å². The summed E-state index contributed by atoms with van der Waals surface area (Å²) >= 11 is 0. The number of nitrogens with zero attached hydrogens (tertiary/aromatic N) is 1. The van der Waals surface area contributed by atoms with Crippen LogP contribution in [0.4, 0.5) is 13.2 Å². The second kappa shape index (κ2) is 6.09. The van der Waals surface area contributed by atoms with Gasteiger partial charge in [-0.15, -0.1) is 0 Å². The topological polar surface area (TPSA) is 60.8 Å². The minimum atomic E-state index is -4.65. The molecule has 1 aliphatic rings. The molecular formula is C12H20F3NO3. The zero-order valence-corrected chi connectivity index (χ0v) is 10.9. The Labute approximate surface area is 110 Å². The number of aliphatic carboxylic acids is 1. The standard InChI is InChI=1S/C12H20F3NO3/c1-2-3-4-9(10(17)18)16-7-5-11(19,6-8-16)12(13,14)15/h9,19H,2-8H2,1H3,(H,17,18). The minimum Gasteiger partial charge on any atom is -0.480 e. The van der Waals surface area contributed by atoms with Crippen molar-refractivity contribution in [3.05, 3.63) is 0 Å². The Balaban J connectivity index is 2.63. The summed E-state index contributed by atoms with van der Waals surface area (Å²) in [5, 5.41) is 18.6. The van der Waals surface area contributed by atoms with E-state index in [2.05, 4.69) is 0 Å². The second-order valence-corrected chi connectivity index (χ2v) is 5.06. The SMILES string of the molecule is CCCCC(C(=O)O)N1CCC(O)(C(F)(F)F)CC1. The van der Waals surface area contributed by atoms with Crippen LogP contribution in [0, 0.1) is 0 Å². The lowest BCUT2D eigenvalue weighted by atomic mass is 9.89. The van der Waals surface area contributed by atoms with Crippen LogP contribution in [-0.4, -0.2) is 52.0 Å². The van der Waals surface area contributed by atoms with E-state index in [1.807, 2.05) is 6.92 Å². The Kier molecular flexibility index (Phi) is 5.20. The molecule has 4 nitrogen and oxygen atoms in total. The van der Waals surface area contributed by atoms with E-state index in [0.717, 1.165) is 12.8 Å². The van der Waals surface area contributed by atoms with Crippen molar-refractivity contribution in [2.45, 2.75) is 56.8 Å². The Morgan fingerprint density at radius 1 is 1.37 bits per heavy atom. The molecule has 0 saturated carbocycles. The van der Waals surface area contributed by atoms with Gasteiger partial charge in [-0.3, -0.25) is 9.69 Å². The molecule has 0 spiro atoms. The molecule has 7 heteroatoms. The summed E-state index contributed by atoms with van der Waals surface area (Å²) < 4.78 is 37.9. The number of unbranched alkanes of at least 4 members (excludes halogenated alkanes) is 1. The first-order valence-electron chi connectivity index (χ1n) is 6.47. The Bertz CT molecular complexity index is 312. The first-order valence-corrected chi connectivity index (χ1v) is 6.47. The monoisotopic (exact) mass is 283 g/mol. The fourth-order valence-electron chi connectivity index (χ4n) is 2.35. The van der Waals surface area contributed by atoms with Gasteiger partial charge in [-0.05, 0) is 19.3 Å². The fraction of sp³-hybridized carbons (Fsp3) is 0.917. The van der Waals surface area contributed by atoms with Crippen LogP contribution in [0.15, 0.2) is 0 Å². The molecule has 1 heterocycles. The van der Waals surface area contributed by atoms with E-state index in [-0.39, 0.29) is 13.1 Å². The molecule has 1 saturated heterocycles. The van der Waals surface area contributed by atoms with E-state index in [0.29, 0.717) is 6.42 Å². The highest BCUT2D eigenvalue weighted by Crippen LogP contribution is 2.38. The van der Waals surface area contributed by atoms with Gasteiger partial charge in [-0.2, -0.15) is 13.2 Å². The smallest absolute Gasteiger partial charge is 0.417 e. The number of carboxylic acids is 1. The van der Waals surface area contributed by atoms with E-state index in [4.69, 9.17) is 5.11 Å². The molecule has 0 aromatic rings. The summed E-state index contributed by atoms with van der Waals surface area (Å²) in [6, 6.07) is -0.752. The van der Waals surface area contributed by atoms with E-state index in [1.165, 1.54) is 4.90 Å². The van der Waals surface area contributed by atoms with E-state index >= 15 is 0 Å². The van der Waals surface area contributed by atoms with Crippen molar-refractivity contribution >= 4 is 5.97 Å². The van der Waals surface area contributed by atoms with Crippen molar-refractivity contribution in [2.75, 3.05) is 13.1 Å². The molecule has 0 amide bonds. The van der Waals surface area contributed by atoms with Gasteiger partial charge in [0.15, 0.2) is 5.60 Å². The predicted molar refractivity (Wildman–Crippen MR) is 62.8 cm³/mol. The maximum Gasteiger partial charge on any atom is 0.417 e. The third-order valence-electron chi connectivity index (χ3n) is 3.71. The average Bonchev–Trinajstić information content (AvgIpc) is 2.30. The van der Waals surface area contributed by atoms with Gasteiger partial charge in [0.05, 0.1) is 0 Å². The van der Waals surface area contributed by atoms with Gasteiger partial charge in [0, 0.05) is 13.1 Å². The lowest BCUT2D eigenvalue weighted by Crippen LogP contribution is -2.56. The summed E-state index contributed by atoms with van der Waals surface area (Å²) in [6.45, 7) is 1.84. The first kappa shape index (κ1) is 16.2. The summed E-state index contributed by atoms with van der Waals surface area (Å²) in [7, 11) is 0. The summed E-state index contributed by atoms with van der Waals surface area (Å²) in [6.07, 6.45) is -3.60. The van der Waals surface area contributed by atoms with Crippen molar-refractivity contribution in [3.8, 4) is 0 Å². The first-order chi connectivity index (χ1) is 8.71. The number of likely N-dealkylation sites (tertiary alicyclic amines) is 1. The third-order valence-corrected chi connectivity index (χ3v) is 3.71. The van der Waals surface area contributed by atoms with Gasteiger partial charge in [0.1, 0.15) is 6.04 Å². The number of rotatable bonds is 5. The van der Waals surface area contributed by atoms with Crippen molar-refractivity contribution in [2.24, 2.45) is 0 Å². The quantitative estimate of drug-likeness (QED) is 0.810. The van der Waals surface area contributed by atoms with Crippen LogP contribution in [-0.2, 0) is 4.79 Å². The minimum absolute atomic E-state index is 0.0449.